The smallest absolute Gasteiger partial charge is 0.0888 e. The van der Waals surface area contributed by atoms with E-state index in [0.717, 1.165) is 113 Å². The molecule has 13 aromatic carbocycles. The van der Waals surface area contributed by atoms with E-state index in [1.807, 2.05) is 0 Å². The average Bonchev–Trinajstić information content (AvgIpc) is 1.89. The van der Waals surface area contributed by atoms with Gasteiger partial charge in [0.1, 0.15) is 0 Å². The van der Waals surface area contributed by atoms with E-state index >= 15 is 0 Å². The van der Waals surface area contributed by atoms with Gasteiger partial charge < -0.3 is 29.1 Å². The lowest BCUT2D eigenvalue weighted by molar-refractivity contribution is 1.17. The number of hydrogen-bond acceptors (Lipinski definition) is 5. The van der Waals surface area contributed by atoms with Crippen LogP contribution in [0.4, 0.5) is 85.3 Å². The Kier molecular flexibility index (Phi) is 14.4. The highest BCUT2D eigenvalue weighted by Gasteiger charge is 2.29. The second-order valence-corrected chi connectivity index (χ2v) is 21.1. The largest absolute Gasteiger partial charge is 0.310 e. The molecular formula is C78H57ClN6. The summed E-state index contributed by atoms with van der Waals surface area (Å²) >= 11 is 8.26. The highest BCUT2D eigenvalue weighted by atomic mass is 35.5. The van der Waals surface area contributed by atoms with Crippen molar-refractivity contribution in [2.75, 3.05) is 24.5 Å². The lowest BCUT2D eigenvalue weighted by atomic mass is 10.0. The molecule has 1 heterocycles. The number of fused-ring (bicyclic) bond motifs is 3. The molecule has 0 radical (unpaired) electrons. The van der Waals surface area contributed by atoms with Crippen LogP contribution in [-0.4, -0.2) is 4.57 Å². The number of anilines is 15. The molecule has 0 N–H and O–H groups in total. The second-order valence-electron chi connectivity index (χ2n) is 20.7. The van der Waals surface area contributed by atoms with Crippen LogP contribution in [0.5, 0.6) is 0 Å². The van der Waals surface area contributed by atoms with E-state index in [4.69, 9.17) is 11.6 Å². The van der Waals surface area contributed by atoms with Crippen molar-refractivity contribution in [1.29, 1.82) is 0 Å². The first-order chi connectivity index (χ1) is 42.1. The molecule has 0 bridgehead atoms. The predicted octanol–water partition coefficient (Wildman–Crippen LogP) is 22.8. The van der Waals surface area contributed by atoms with Crippen molar-refractivity contribution in [2.24, 2.45) is 0 Å². The molecule has 0 unspecified atom stereocenters. The molecule has 14 aromatic rings. The van der Waals surface area contributed by atoms with Crippen LogP contribution in [0, 0.1) is 0 Å². The summed E-state index contributed by atoms with van der Waals surface area (Å²) in [5.41, 5.74) is 17.6. The summed E-state index contributed by atoms with van der Waals surface area (Å²) in [5, 5.41) is 2.81. The first-order valence-electron chi connectivity index (χ1n) is 28.6. The summed E-state index contributed by atoms with van der Waals surface area (Å²) < 4.78 is 2.41. The SMILES string of the molecule is Clc1c(N(c2ccccc2)c2ccccc2)cc(N(c2ccccc2)c2ccccc2)cc1N(c1ccccc1)c1cccc(N(c2ccccc2)c2cc(N(c3ccccc3)c3ccccc3)cc3c2c2ccccc2n3-c2ccccc2)c1. The van der Waals surface area contributed by atoms with Gasteiger partial charge in [0, 0.05) is 73.3 Å². The van der Waals surface area contributed by atoms with Gasteiger partial charge in [0.15, 0.2) is 0 Å². The summed E-state index contributed by atoms with van der Waals surface area (Å²) in [7, 11) is 0. The maximum absolute atomic E-state index is 8.26. The highest BCUT2D eigenvalue weighted by Crippen LogP contribution is 2.53. The minimum atomic E-state index is 0.566. The molecule has 0 saturated heterocycles. The van der Waals surface area contributed by atoms with Crippen LogP contribution in [0.2, 0.25) is 5.02 Å². The van der Waals surface area contributed by atoms with Crippen LogP contribution < -0.4 is 24.5 Å². The summed E-state index contributed by atoms with van der Waals surface area (Å²) in [5.74, 6) is 0. The average molecular weight is 1110 g/mol. The van der Waals surface area contributed by atoms with Gasteiger partial charge in [-0.05, 0) is 158 Å². The lowest BCUT2D eigenvalue weighted by Gasteiger charge is -2.34. The fraction of sp³-hybridized carbons (Fsp3) is 0. The fourth-order valence-corrected chi connectivity index (χ4v) is 12.1. The summed E-state index contributed by atoms with van der Waals surface area (Å²) in [6, 6.07) is 122. The van der Waals surface area contributed by atoms with Crippen molar-refractivity contribution in [2.45, 2.75) is 0 Å². The van der Waals surface area contributed by atoms with Gasteiger partial charge in [-0.3, -0.25) is 0 Å². The number of benzene rings is 13. The molecule has 85 heavy (non-hydrogen) atoms. The van der Waals surface area contributed by atoms with Crippen molar-refractivity contribution in [3.8, 4) is 5.69 Å². The maximum atomic E-state index is 8.26. The van der Waals surface area contributed by atoms with Crippen LogP contribution in [0.15, 0.2) is 346 Å². The molecule has 406 valence electrons. The Morgan fingerprint density at radius 3 is 0.882 bits per heavy atom. The molecule has 0 fully saturated rings. The van der Waals surface area contributed by atoms with E-state index in [-0.39, 0.29) is 0 Å². The quantitative estimate of drug-likeness (QED) is 0.0958. The third-order valence-corrected chi connectivity index (χ3v) is 15.9. The first kappa shape index (κ1) is 52.1. The van der Waals surface area contributed by atoms with Gasteiger partial charge >= 0.3 is 0 Å². The number of para-hydroxylation sites is 10. The summed E-state index contributed by atoms with van der Waals surface area (Å²) in [6.07, 6.45) is 0. The summed E-state index contributed by atoms with van der Waals surface area (Å²) in [4.78, 5) is 11.7. The Balaban J connectivity index is 1.05. The van der Waals surface area contributed by atoms with Gasteiger partial charge in [-0.2, -0.15) is 0 Å². The zero-order chi connectivity index (χ0) is 56.9. The molecule has 14 rings (SSSR count). The molecule has 7 heteroatoms. The van der Waals surface area contributed by atoms with Crippen molar-refractivity contribution in [1.82, 2.24) is 4.57 Å². The third kappa shape index (κ3) is 10.2. The lowest BCUT2D eigenvalue weighted by Crippen LogP contribution is -2.17. The molecule has 0 saturated carbocycles. The zero-order valence-electron chi connectivity index (χ0n) is 46.5. The number of aromatic nitrogens is 1. The Bertz CT molecular complexity index is 4420. The van der Waals surface area contributed by atoms with E-state index < -0.39 is 0 Å². The van der Waals surface area contributed by atoms with Gasteiger partial charge in [0.05, 0.1) is 44.5 Å². The van der Waals surface area contributed by atoms with Gasteiger partial charge in [0.25, 0.3) is 0 Å². The zero-order valence-corrected chi connectivity index (χ0v) is 47.2. The third-order valence-electron chi connectivity index (χ3n) is 15.5. The van der Waals surface area contributed by atoms with Crippen LogP contribution in [0.3, 0.4) is 0 Å². The van der Waals surface area contributed by atoms with Crippen molar-refractivity contribution in [3.63, 3.8) is 0 Å². The number of halogens is 1. The van der Waals surface area contributed by atoms with E-state index in [1.165, 1.54) is 0 Å². The van der Waals surface area contributed by atoms with Gasteiger partial charge in [-0.1, -0.05) is 200 Å². The fourth-order valence-electron chi connectivity index (χ4n) is 11.8. The second kappa shape index (κ2) is 23.4. The Morgan fingerprint density at radius 2 is 0.494 bits per heavy atom. The number of rotatable bonds is 16. The minimum Gasteiger partial charge on any atom is -0.310 e. The highest BCUT2D eigenvalue weighted by molar-refractivity contribution is 6.37. The minimum absolute atomic E-state index is 0.566. The van der Waals surface area contributed by atoms with Crippen molar-refractivity contribution < 1.29 is 0 Å². The molecular weight excluding hydrogens is 1060 g/mol. The molecule has 0 spiro atoms. The van der Waals surface area contributed by atoms with Crippen LogP contribution in [-0.2, 0) is 0 Å². The Labute approximate surface area is 501 Å². The monoisotopic (exact) mass is 1110 g/mol. The normalized spacial score (nSPS) is 11.1. The first-order valence-corrected chi connectivity index (χ1v) is 29.0. The van der Waals surface area contributed by atoms with Crippen molar-refractivity contribution in [3.05, 3.63) is 351 Å². The van der Waals surface area contributed by atoms with Crippen LogP contribution >= 0.6 is 11.6 Å². The van der Waals surface area contributed by atoms with E-state index in [0.29, 0.717) is 5.02 Å². The number of hydrogen-bond donors (Lipinski definition) is 0. The maximum Gasteiger partial charge on any atom is 0.0888 e. The standard InChI is InChI=1S/C78H57ClN6/c79-78-75(82(62-39-18-5-19-40-62)63-41-20-6-21-42-63)56-70(81(60-35-14-3-15-36-60)61-37-16-4-17-38-61)57-76(78)84(65-45-24-8-25-46-65)68-50-30-49-67(53-68)83(64-43-22-7-23-44-64)73-54-69(80(58-31-10-1-11-32-58)59-33-12-2-13-34-59)55-74-77(73)71-51-28-29-52-72(71)85(74)66-47-26-9-27-48-66/h1-57H. The summed E-state index contributed by atoms with van der Waals surface area (Å²) in [6.45, 7) is 0. The van der Waals surface area contributed by atoms with Crippen LogP contribution in [0.25, 0.3) is 27.5 Å². The molecule has 0 amide bonds. The van der Waals surface area contributed by atoms with E-state index in [9.17, 15) is 0 Å². The molecule has 0 atom stereocenters. The molecule has 0 aliphatic carbocycles. The molecule has 6 nitrogen and oxygen atoms in total. The predicted molar refractivity (Wildman–Crippen MR) is 359 cm³/mol. The molecule has 0 aliphatic rings. The number of nitrogens with zero attached hydrogens (tertiary/aromatic N) is 6. The van der Waals surface area contributed by atoms with Gasteiger partial charge in [-0.25, -0.2) is 0 Å². The van der Waals surface area contributed by atoms with Gasteiger partial charge in [-0.15, -0.1) is 0 Å². The molecule has 1 aromatic heterocycles. The molecule has 0 aliphatic heterocycles. The van der Waals surface area contributed by atoms with E-state index in [1.54, 1.807) is 0 Å². The van der Waals surface area contributed by atoms with Crippen molar-refractivity contribution >= 4 is 119 Å². The van der Waals surface area contributed by atoms with Crippen LogP contribution in [0.1, 0.15) is 0 Å². The van der Waals surface area contributed by atoms with Gasteiger partial charge in [0.2, 0.25) is 0 Å². The topological polar surface area (TPSA) is 21.1 Å². The van der Waals surface area contributed by atoms with E-state index in [2.05, 4.69) is 375 Å². The Hall–Kier alpha value is -11.1. The Morgan fingerprint density at radius 1 is 0.212 bits per heavy atom.